The monoisotopic (exact) mass is 517 g/mol. The molecule has 2 rings (SSSR count). The Balaban J connectivity index is 0.00000420. The van der Waals surface area contributed by atoms with E-state index in [-0.39, 0.29) is 42.0 Å². The maximum absolute atomic E-state index is 11.9. The molecule has 0 aromatic heterocycles. The van der Waals surface area contributed by atoms with Gasteiger partial charge in [-0.05, 0) is 45.4 Å². The summed E-state index contributed by atoms with van der Waals surface area (Å²) in [7, 11) is 1.80. The summed E-state index contributed by atoms with van der Waals surface area (Å²) in [5, 5.41) is 6.36. The average Bonchev–Trinajstić information content (AvgIpc) is 2.62. The minimum Gasteiger partial charge on any atom is -0.489 e. The number of piperazine rings is 1. The van der Waals surface area contributed by atoms with E-state index >= 15 is 0 Å². The smallest absolute Gasteiger partial charge is 0.234 e. The quantitative estimate of drug-likeness (QED) is 0.330. The van der Waals surface area contributed by atoms with Crippen LogP contribution >= 0.6 is 24.0 Å². The summed E-state index contributed by atoms with van der Waals surface area (Å²) in [4.78, 5) is 20.8. The van der Waals surface area contributed by atoms with Crippen LogP contribution in [0, 0.1) is 6.92 Å². The minimum absolute atomic E-state index is 0. The second-order valence-corrected chi connectivity index (χ2v) is 7.66. The Morgan fingerprint density at radius 3 is 2.48 bits per heavy atom. The summed E-state index contributed by atoms with van der Waals surface area (Å²) in [6.45, 7) is 12.6. The van der Waals surface area contributed by atoms with Crippen LogP contribution in [0.2, 0.25) is 0 Å². The van der Waals surface area contributed by atoms with Crippen LogP contribution in [0.4, 0.5) is 0 Å². The third-order valence-corrected chi connectivity index (χ3v) is 4.57. The summed E-state index contributed by atoms with van der Waals surface area (Å²) in [5.74, 6) is 1.86. The molecule has 1 fully saturated rings. The number of carbonyl (C=O) groups excluding carboxylic acids is 1. The van der Waals surface area contributed by atoms with Crippen molar-refractivity contribution < 1.29 is 9.53 Å². The number of amides is 1. The molecule has 1 saturated heterocycles. The maximum Gasteiger partial charge on any atom is 0.234 e. The first-order valence-electron chi connectivity index (χ1n) is 10.1. The van der Waals surface area contributed by atoms with Gasteiger partial charge in [0.25, 0.3) is 0 Å². The average molecular weight is 517 g/mol. The first kappa shape index (κ1) is 25.5. The zero-order chi connectivity index (χ0) is 20.5. The second kappa shape index (κ2) is 12.9. The van der Waals surface area contributed by atoms with Crippen LogP contribution in [0.15, 0.2) is 29.3 Å². The number of carbonyl (C=O) groups is 1. The molecule has 0 bridgehead atoms. The first-order chi connectivity index (χ1) is 13.4. The number of hydrogen-bond acceptors (Lipinski definition) is 4. The summed E-state index contributed by atoms with van der Waals surface area (Å²) >= 11 is 0. The van der Waals surface area contributed by atoms with Crippen molar-refractivity contribution >= 4 is 35.8 Å². The zero-order valence-electron chi connectivity index (χ0n) is 18.3. The van der Waals surface area contributed by atoms with Gasteiger partial charge >= 0.3 is 0 Å². The van der Waals surface area contributed by atoms with E-state index in [2.05, 4.69) is 38.4 Å². The molecule has 7 nitrogen and oxygen atoms in total. The predicted molar refractivity (Wildman–Crippen MR) is 129 cm³/mol. The van der Waals surface area contributed by atoms with Crippen LogP contribution in [0.3, 0.4) is 0 Å². The van der Waals surface area contributed by atoms with Crippen molar-refractivity contribution in [2.24, 2.45) is 4.99 Å². The van der Waals surface area contributed by atoms with Crippen molar-refractivity contribution in [1.82, 2.24) is 20.4 Å². The van der Waals surface area contributed by atoms with Gasteiger partial charge in [0.1, 0.15) is 11.9 Å². The highest BCUT2D eigenvalue weighted by molar-refractivity contribution is 14.0. The number of guanidine groups is 1. The fourth-order valence-electron chi connectivity index (χ4n) is 3.22. The third kappa shape index (κ3) is 9.20. The minimum atomic E-state index is 0. The molecule has 0 spiro atoms. The lowest BCUT2D eigenvalue weighted by atomic mass is 10.2. The van der Waals surface area contributed by atoms with E-state index in [1.807, 2.05) is 39.0 Å². The van der Waals surface area contributed by atoms with Gasteiger partial charge in [-0.25, -0.2) is 0 Å². The van der Waals surface area contributed by atoms with Crippen LogP contribution in [0.1, 0.15) is 26.3 Å². The highest BCUT2D eigenvalue weighted by Gasteiger charge is 2.21. The number of benzene rings is 1. The molecule has 1 heterocycles. The molecule has 29 heavy (non-hydrogen) atoms. The molecule has 164 valence electrons. The Bertz CT molecular complexity index is 660. The number of aliphatic imine (C=N–C) groups is 1. The van der Waals surface area contributed by atoms with Gasteiger partial charge in [0, 0.05) is 39.3 Å². The van der Waals surface area contributed by atoms with Crippen molar-refractivity contribution in [2.45, 2.75) is 39.8 Å². The molecule has 1 aromatic rings. The fourth-order valence-corrected chi connectivity index (χ4v) is 3.22. The molecule has 1 atom stereocenters. The Labute approximate surface area is 192 Å². The number of rotatable bonds is 7. The van der Waals surface area contributed by atoms with E-state index in [1.54, 1.807) is 7.05 Å². The number of aryl methyl sites for hydroxylation is 1. The van der Waals surface area contributed by atoms with Crippen molar-refractivity contribution in [2.75, 3.05) is 46.3 Å². The summed E-state index contributed by atoms with van der Waals surface area (Å²) in [6.07, 6.45) is 0.0274. The Morgan fingerprint density at radius 2 is 1.90 bits per heavy atom. The van der Waals surface area contributed by atoms with Gasteiger partial charge in [-0.1, -0.05) is 12.1 Å². The highest BCUT2D eigenvalue weighted by atomic mass is 127. The van der Waals surface area contributed by atoms with Crippen LogP contribution in [0.5, 0.6) is 5.75 Å². The van der Waals surface area contributed by atoms with E-state index in [1.165, 1.54) is 5.56 Å². The van der Waals surface area contributed by atoms with E-state index < -0.39 is 0 Å². The normalized spacial score (nSPS) is 16.2. The number of nitrogens with zero attached hydrogens (tertiary/aromatic N) is 3. The number of halogens is 1. The van der Waals surface area contributed by atoms with Crippen LogP contribution in [0.25, 0.3) is 0 Å². The molecule has 1 aliphatic rings. The van der Waals surface area contributed by atoms with Crippen molar-refractivity contribution in [1.29, 1.82) is 0 Å². The maximum atomic E-state index is 11.9. The molecule has 0 saturated carbocycles. The summed E-state index contributed by atoms with van der Waals surface area (Å²) in [5.41, 5.74) is 1.19. The van der Waals surface area contributed by atoms with Crippen molar-refractivity contribution in [3.05, 3.63) is 29.8 Å². The van der Waals surface area contributed by atoms with Gasteiger partial charge in [-0.3, -0.25) is 14.7 Å². The molecule has 0 aliphatic carbocycles. The topological polar surface area (TPSA) is 69.2 Å². The second-order valence-electron chi connectivity index (χ2n) is 7.66. The molecule has 1 amide bonds. The number of nitrogens with one attached hydrogen (secondary N) is 2. The summed E-state index contributed by atoms with van der Waals surface area (Å²) < 4.78 is 5.98. The Morgan fingerprint density at radius 1 is 1.21 bits per heavy atom. The molecular formula is C21H36IN5O2. The SMILES string of the molecule is CN=C(NCC(C)Oc1cccc(C)c1)N1CCN(CC(=O)NC(C)C)CC1.I. The zero-order valence-corrected chi connectivity index (χ0v) is 20.6. The van der Waals surface area contributed by atoms with E-state index in [0.29, 0.717) is 13.1 Å². The lowest BCUT2D eigenvalue weighted by Gasteiger charge is -2.36. The van der Waals surface area contributed by atoms with Gasteiger partial charge < -0.3 is 20.3 Å². The van der Waals surface area contributed by atoms with Crippen molar-refractivity contribution in [3.8, 4) is 5.75 Å². The number of ether oxygens (including phenoxy) is 1. The van der Waals surface area contributed by atoms with Gasteiger partial charge in [0.2, 0.25) is 5.91 Å². The fraction of sp³-hybridized carbons (Fsp3) is 0.619. The third-order valence-electron chi connectivity index (χ3n) is 4.57. The van der Waals surface area contributed by atoms with Gasteiger partial charge in [0.15, 0.2) is 5.96 Å². The van der Waals surface area contributed by atoms with Gasteiger partial charge in [0.05, 0.1) is 13.1 Å². The van der Waals surface area contributed by atoms with Gasteiger partial charge in [-0.15, -0.1) is 24.0 Å². The largest absolute Gasteiger partial charge is 0.489 e. The standard InChI is InChI=1S/C21H35N5O2.HI/c1-16(2)24-20(27)15-25-9-11-26(12-10-25)21(22-5)23-14-18(4)28-19-8-6-7-17(3)13-19;/h6-8,13,16,18H,9-12,14-15H2,1-5H3,(H,22,23)(H,24,27);1H. The molecule has 0 radical (unpaired) electrons. The molecule has 1 aliphatic heterocycles. The van der Waals surface area contributed by atoms with E-state index in [4.69, 9.17) is 4.74 Å². The predicted octanol–water partition coefficient (Wildman–Crippen LogP) is 2.10. The molecular weight excluding hydrogens is 481 g/mol. The summed E-state index contributed by atoms with van der Waals surface area (Å²) in [6, 6.07) is 8.27. The lowest BCUT2D eigenvalue weighted by molar-refractivity contribution is -0.123. The first-order valence-corrected chi connectivity index (χ1v) is 10.1. The molecule has 1 unspecified atom stereocenters. The van der Waals surface area contributed by atoms with Crippen molar-refractivity contribution in [3.63, 3.8) is 0 Å². The Hall–Kier alpha value is -1.55. The van der Waals surface area contributed by atoms with Crippen LogP contribution in [-0.4, -0.2) is 80.1 Å². The van der Waals surface area contributed by atoms with E-state index in [9.17, 15) is 4.79 Å². The molecule has 1 aromatic carbocycles. The number of hydrogen-bond donors (Lipinski definition) is 2. The van der Waals surface area contributed by atoms with Crippen LogP contribution < -0.4 is 15.4 Å². The van der Waals surface area contributed by atoms with E-state index in [0.717, 1.165) is 37.9 Å². The van der Waals surface area contributed by atoms with Crippen LogP contribution in [-0.2, 0) is 4.79 Å². The molecule has 8 heteroatoms. The highest BCUT2D eigenvalue weighted by Crippen LogP contribution is 2.14. The Kier molecular flexibility index (Phi) is 11.3. The lowest BCUT2D eigenvalue weighted by Crippen LogP contribution is -2.55. The molecule has 2 N–H and O–H groups in total. The van der Waals surface area contributed by atoms with Gasteiger partial charge in [-0.2, -0.15) is 0 Å².